The highest BCUT2D eigenvalue weighted by atomic mass is 16.5. The summed E-state index contributed by atoms with van der Waals surface area (Å²) in [5, 5.41) is 5.73. The van der Waals surface area contributed by atoms with E-state index in [1.54, 1.807) is 19.4 Å². The minimum absolute atomic E-state index is 0.284. The molecule has 1 fully saturated rings. The summed E-state index contributed by atoms with van der Waals surface area (Å²) in [4.78, 5) is 18.8. The molecule has 132 valence electrons. The predicted octanol–water partition coefficient (Wildman–Crippen LogP) is 2.25. The number of aromatic nitrogens is 1. The highest BCUT2D eigenvalue weighted by Gasteiger charge is 2.17. The smallest absolute Gasteiger partial charge is 0.319 e. The summed E-state index contributed by atoms with van der Waals surface area (Å²) in [6.45, 7) is 3.22. The molecule has 2 heterocycles. The maximum Gasteiger partial charge on any atom is 0.319 e. The van der Waals surface area contributed by atoms with Crippen molar-refractivity contribution in [2.45, 2.75) is 6.54 Å². The molecule has 25 heavy (non-hydrogen) atoms. The molecule has 3 rings (SSSR count). The Kier molecular flexibility index (Phi) is 5.69. The fraction of sp³-hybridized carbons (Fsp3) is 0.333. The lowest BCUT2D eigenvalue weighted by molar-refractivity contribution is 0.122. The van der Waals surface area contributed by atoms with E-state index in [9.17, 15) is 4.79 Å². The van der Waals surface area contributed by atoms with Crippen molar-refractivity contribution in [3.63, 3.8) is 0 Å². The van der Waals surface area contributed by atoms with Crippen LogP contribution in [0.25, 0.3) is 0 Å². The first-order chi connectivity index (χ1) is 12.3. The first-order valence-corrected chi connectivity index (χ1v) is 8.22. The topological polar surface area (TPSA) is 75.7 Å². The van der Waals surface area contributed by atoms with Gasteiger partial charge in [-0.25, -0.2) is 9.78 Å². The molecule has 0 atom stereocenters. The monoisotopic (exact) mass is 342 g/mol. The van der Waals surface area contributed by atoms with E-state index in [0.717, 1.165) is 30.2 Å². The highest BCUT2D eigenvalue weighted by Crippen LogP contribution is 2.23. The van der Waals surface area contributed by atoms with E-state index >= 15 is 0 Å². The molecule has 0 radical (unpaired) electrons. The van der Waals surface area contributed by atoms with Gasteiger partial charge in [0.05, 0.1) is 26.0 Å². The molecule has 1 aliphatic heterocycles. The van der Waals surface area contributed by atoms with Gasteiger partial charge in [-0.1, -0.05) is 18.2 Å². The van der Waals surface area contributed by atoms with E-state index in [4.69, 9.17) is 9.47 Å². The van der Waals surface area contributed by atoms with Crippen LogP contribution in [0.1, 0.15) is 5.56 Å². The number of urea groups is 1. The normalized spacial score (nSPS) is 14.0. The van der Waals surface area contributed by atoms with Crippen LogP contribution in [0.4, 0.5) is 16.3 Å². The van der Waals surface area contributed by atoms with Crippen LogP contribution in [0.15, 0.2) is 42.6 Å². The average Bonchev–Trinajstić information content (AvgIpc) is 2.67. The lowest BCUT2D eigenvalue weighted by Crippen LogP contribution is -2.38. The molecular formula is C18H22N4O3. The molecule has 0 aliphatic carbocycles. The number of nitrogens with zero attached hydrogens (tertiary/aromatic N) is 2. The second kappa shape index (κ2) is 8.34. The molecule has 0 bridgehead atoms. The SMILES string of the molecule is COc1ccccc1CNC(=O)Nc1cccnc1N1CCOCC1. The minimum Gasteiger partial charge on any atom is -0.496 e. The second-order valence-electron chi connectivity index (χ2n) is 5.59. The number of morpholine rings is 1. The number of hydrogen-bond donors (Lipinski definition) is 2. The number of anilines is 2. The fourth-order valence-electron chi connectivity index (χ4n) is 2.71. The molecule has 2 N–H and O–H groups in total. The number of nitrogens with one attached hydrogen (secondary N) is 2. The third-order valence-corrected chi connectivity index (χ3v) is 3.98. The summed E-state index contributed by atoms with van der Waals surface area (Å²) in [5.74, 6) is 1.51. The predicted molar refractivity (Wildman–Crippen MR) is 96.1 cm³/mol. The minimum atomic E-state index is -0.284. The third-order valence-electron chi connectivity index (χ3n) is 3.98. The number of para-hydroxylation sites is 1. The van der Waals surface area contributed by atoms with Crippen molar-refractivity contribution in [3.05, 3.63) is 48.2 Å². The van der Waals surface area contributed by atoms with E-state index in [-0.39, 0.29) is 6.03 Å². The van der Waals surface area contributed by atoms with Gasteiger partial charge in [0.2, 0.25) is 0 Å². The van der Waals surface area contributed by atoms with Crippen LogP contribution in [-0.2, 0) is 11.3 Å². The number of amides is 2. The van der Waals surface area contributed by atoms with E-state index in [1.165, 1.54) is 0 Å². The Bertz CT molecular complexity index is 717. The van der Waals surface area contributed by atoms with E-state index in [0.29, 0.717) is 25.4 Å². The molecule has 1 saturated heterocycles. The molecule has 2 aromatic rings. The second-order valence-corrected chi connectivity index (χ2v) is 5.59. The number of rotatable bonds is 5. The summed E-state index contributed by atoms with van der Waals surface area (Å²) in [6.07, 6.45) is 1.72. The Morgan fingerprint density at radius 2 is 2.04 bits per heavy atom. The quantitative estimate of drug-likeness (QED) is 0.872. The van der Waals surface area contributed by atoms with Gasteiger partial charge in [-0.2, -0.15) is 0 Å². The summed E-state index contributed by atoms with van der Waals surface area (Å²) in [6, 6.07) is 11.0. The van der Waals surface area contributed by atoms with Gasteiger partial charge in [0, 0.05) is 31.4 Å². The number of carbonyl (C=O) groups is 1. The highest BCUT2D eigenvalue weighted by molar-refractivity contribution is 5.92. The van der Waals surface area contributed by atoms with Gasteiger partial charge in [0.25, 0.3) is 0 Å². The number of pyridine rings is 1. The van der Waals surface area contributed by atoms with Gasteiger partial charge in [0.1, 0.15) is 5.75 Å². The van der Waals surface area contributed by atoms with Crippen LogP contribution >= 0.6 is 0 Å². The zero-order valence-electron chi connectivity index (χ0n) is 14.2. The number of hydrogen-bond acceptors (Lipinski definition) is 5. The molecule has 7 heteroatoms. The lowest BCUT2D eigenvalue weighted by Gasteiger charge is -2.29. The Balaban J connectivity index is 1.63. The summed E-state index contributed by atoms with van der Waals surface area (Å²) in [5.41, 5.74) is 1.60. The van der Waals surface area contributed by atoms with Gasteiger partial charge in [0.15, 0.2) is 5.82 Å². The molecular weight excluding hydrogens is 320 g/mol. The van der Waals surface area contributed by atoms with Gasteiger partial charge in [-0.05, 0) is 18.2 Å². The molecule has 1 aromatic heterocycles. The van der Waals surface area contributed by atoms with E-state index in [2.05, 4.69) is 20.5 Å². The zero-order chi connectivity index (χ0) is 17.5. The van der Waals surface area contributed by atoms with Crippen molar-refractivity contribution in [3.8, 4) is 5.75 Å². The fourth-order valence-corrected chi connectivity index (χ4v) is 2.71. The van der Waals surface area contributed by atoms with Gasteiger partial charge in [-0.15, -0.1) is 0 Å². The number of methoxy groups -OCH3 is 1. The Hall–Kier alpha value is -2.80. The van der Waals surface area contributed by atoms with Gasteiger partial charge in [-0.3, -0.25) is 0 Å². The molecule has 1 aromatic carbocycles. The summed E-state index contributed by atoms with van der Waals surface area (Å²) < 4.78 is 10.7. The number of ether oxygens (including phenoxy) is 2. The standard InChI is InChI=1S/C18H22N4O3/c1-24-16-7-3-2-5-14(16)13-20-18(23)21-15-6-4-8-19-17(15)22-9-11-25-12-10-22/h2-8H,9-13H2,1H3,(H2,20,21,23). The molecule has 0 spiro atoms. The summed E-state index contributed by atoms with van der Waals surface area (Å²) >= 11 is 0. The Morgan fingerprint density at radius 1 is 1.24 bits per heavy atom. The Labute approximate surface area is 147 Å². The molecule has 0 saturated carbocycles. The Morgan fingerprint density at radius 3 is 2.84 bits per heavy atom. The van der Waals surface area contributed by atoms with Crippen LogP contribution in [0.3, 0.4) is 0 Å². The lowest BCUT2D eigenvalue weighted by atomic mass is 10.2. The van der Waals surface area contributed by atoms with Crippen LogP contribution in [0, 0.1) is 0 Å². The zero-order valence-corrected chi connectivity index (χ0v) is 14.2. The van der Waals surface area contributed by atoms with Gasteiger partial charge >= 0.3 is 6.03 Å². The van der Waals surface area contributed by atoms with Crippen molar-refractivity contribution in [1.82, 2.24) is 10.3 Å². The van der Waals surface area contributed by atoms with E-state index < -0.39 is 0 Å². The summed E-state index contributed by atoms with van der Waals surface area (Å²) in [7, 11) is 1.61. The molecule has 0 unspecified atom stereocenters. The largest absolute Gasteiger partial charge is 0.496 e. The maximum atomic E-state index is 12.3. The van der Waals surface area contributed by atoms with Crippen molar-refractivity contribution >= 4 is 17.5 Å². The van der Waals surface area contributed by atoms with Crippen LogP contribution in [-0.4, -0.2) is 44.4 Å². The maximum absolute atomic E-state index is 12.3. The molecule has 7 nitrogen and oxygen atoms in total. The van der Waals surface area contributed by atoms with Gasteiger partial charge < -0.3 is 25.0 Å². The van der Waals surface area contributed by atoms with Crippen molar-refractivity contribution in [2.24, 2.45) is 0 Å². The third kappa shape index (κ3) is 4.39. The van der Waals surface area contributed by atoms with Crippen LogP contribution in [0.5, 0.6) is 5.75 Å². The van der Waals surface area contributed by atoms with Crippen molar-refractivity contribution < 1.29 is 14.3 Å². The average molecular weight is 342 g/mol. The number of benzene rings is 1. The van der Waals surface area contributed by atoms with E-state index in [1.807, 2.05) is 30.3 Å². The molecule has 1 aliphatic rings. The van der Waals surface area contributed by atoms with Crippen LogP contribution in [0.2, 0.25) is 0 Å². The van der Waals surface area contributed by atoms with Crippen molar-refractivity contribution in [2.75, 3.05) is 43.6 Å². The first-order valence-electron chi connectivity index (χ1n) is 8.22. The number of carbonyl (C=O) groups excluding carboxylic acids is 1. The first kappa shape index (κ1) is 17.0. The molecule has 2 amide bonds. The van der Waals surface area contributed by atoms with Crippen molar-refractivity contribution in [1.29, 1.82) is 0 Å². The van der Waals surface area contributed by atoms with Crippen LogP contribution < -0.4 is 20.3 Å².